The Labute approximate surface area is 147 Å². The third kappa shape index (κ3) is 3.39. The molecule has 2 aromatic carbocycles. The summed E-state index contributed by atoms with van der Waals surface area (Å²) in [7, 11) is 0. The Bertz CT molecular complexity index is 880. The fraction of sp³-hybridized carbons (Fsp3) is 0.111. The van der Waals surface area contributed by atoms with Crippen molar-refractivity contribution in [2.75, 3.05) is 13.1 Å². The minimum absolute atomic E-state index is 0.650. The van der Waals surface area contributed by atoms with Crippen LogP contribution in [0.25, 0.3) is 20.4 Å². The smallest absolute Gasteiger partial charge is 0.135 e. The maximum Gasteiger partial charge on any atom is 0.135 e. The maximum absolute atomic E-state index is 4.52. The number of aliphatic imine (C=N–C) groups is 2. The van der Waals surface area contributed by atoms with Crippen molar-refractivity contribution in [3.63, 3.8) is 0 Å². The van der Waals surface area contributed by atoms with E-state index in [-0.39, 0.29) is 0 Å². The highest BCUT2D eigenvalue weighted by Crippen LogP contribution is 2.20. The van der Waals surface area contributed by atoms with Crippen molar-refractivity contribution in [1.29, 1.82) is 0 Å². The van der Waals surface area contributed by atoms with Crippen LogP contribution in [0.5, 0.6) is 0 Å². The summed E-state index contributed by atoms with van der Waals surface area (Å²) in [6.45, 7) is 1.30. The Morgan fingerprint density at radius 1 is 0.708 bits per heavy atom. The topological polar surface area (TPSA) is 50.5 Å². The first-order valence-electron chi connectivity index (χ1n) is 7.59. The monoisotopic (exact) mass is 350 g/mol. The first-order valence-corrected chi connectivity index (χ1v) is 9.22. The van der Waals surface area contributed by atoms with Gasteiger partial charge in [0, 0.05) is 0 Å². The fourth-order valence-corrected chi connectivity index (χ4v) is 4.01. The summed E-state index contributed by atoms with van der Waals surface area (Å²) < 4.78 is 2.38. The van der Waals surface area contributed by atoms with Crippen LogP contribution < -0.4 is 0 Å². The van der Waals surface area contributed by atoms with Crippen LogP contribution in [0.2, 0.25) is 0 Å². The van der Waals surface area contributed by atoms with Crippen molar-refractivity contribution in [3.8, 4) is 0 Å². The first kappa shape index (κ1) is 15.1. The predicted molar refractivity (Wildman–Crippen MR) is 104 cm³/mol. The van der Waals surface area contributed by atoms with Crippen LogP contribution in [0.3, 0.4) is 0 Å². The molecule has 0 saturated carbocycles. The summed E-state index contributed by atoms with van der Waals surface area (Å²) in [6, 6.07) is 16.2. The molecule has 0 unspecified atom stereocenters. The number of hydrogen-bond donors (Lipinski definition) is 0. The SMILES string of the molecule is C(=NCCN=Cc1nc2ccccc2s1)c1nc2ccccc2s1. The number of para-hydroxylation sites is 2. The van der Waals surface area contributed by atoms with E-state index in [1.54, 1.807) is 22.7 Å². The van der Waals surface area contributed by atoms with Gasteiger partial charge < -0.3 is 0 Å². The molecule has 0 N–H and O–H groups in total. The van der Waals surface area contributed by atoms with Crippen molar-refractivity contribution >= 4 is 55.5 Å². The molecule has 6 heteroatoms. The van der Waals surface area contributed by atoms with E-state index in [1.165, 1.54) is 9.40 Å². The number of rotatable bonds is 5. The lowest BCUT2D eigenvalue weighted by Crippen LogP contribution is -1.89. The lowest BCUT2D eigenvalue weighted by atomic mass is 10.3. The number of nitrogens with zero attached hydrogens (tertiary/aromatic N) is 4. The van der Waals surface area contributed by atoms with E-state index < -0.39 is 0 Å². The van der Waals surface area contributed by atoms with E-state index in [1.807, 2.05) is 48.8 Å². The Morgan fingerprint density at radius 3 is 1.62 bits per heavy atom. The second-order valence-electron chi connectivity index (χ2n) is 5.11. The van der Waals surface area contributed by atoms with E-state index in [4.69, 9.17) is 0 Å². The number of fused-ring (bicyclic) bond motifs is 2. The molecule has 0 bridgehead atoms. The van der Waals surface area contributed by atoms with E-state index >= 15 is 0 Å². The lowest BCUT2D eigenvalue weighted by Gasteiger charge is -1.87. The van der Waals surface area contributed by atoms with Crippen molar-refractivity contribution in [2.45, 2.75) is 0 Å². The summed E-state index contributed by atoms with van der Waals surface area (Å²) in [5.74, 6) is 0. The summed E-state index contributed by atoms with van der Waals surface area (Å²) in [5.41, 5.74) is 2.05. The van der Waals surface area contributed by atoms with Gasteiger partial charge in [-0.3, -0.25) is 9.98 Å². The average Bonchev–Trinajstić information content (AvgIpc) is 3.20. The van der Waals surface area contributed by atoms with Crippen LogP contribution in [-0.4, -0.2) is 35.5 Å². The Balaban J connectivity index is 1.33. The number of aromatic nitrogens is 2. The summed E-state index contributed by atoms with van der Waals surface area (Å²) in [6.07, 6.45) is 3.66. The van der Waals surface area contributed by atoms with Gasteiger partial charge in [-0.05, 0) is 24.3 Å². The third-order valence-electron chi connectivity index (χ3n) is 3.38. The molecule has 0 spiro atoms. The highest BCUT2D eigenvalue weighted by molar-refractivity contribution is 7.20. The van der Waals surface area contributed by atoms with Crippen LogP contribution in [0, 0.1) is 0 Å². The van der Waals surface area contributed by atoms with E-state index in [2.05, 4.69) is 32.1 Å². The normalized spacial score (nSPS) is 12.2. The highest BCUT2D eigenvalue weighted by atomic mass is 32.1. The van der Waals surface area contributed by atoms with Crippen LogP contribution in [0.4, 0.5) is 0 Å². The third-order valence-corrected chi connectivity index (χ3v) is 5.32. The van der Waals surface area contributed by atoms with Crippen LogP contribution >= 0.6 is 22.7 Å². The summed E-state index contributed by atoms with van der Waals surface area (Å²) in [4.78, 5) is 17.9. The molecule has 0 aliphatic rings. The fourth-order valence-electron chi connectivity index (χ4n) is 2.29. The number of hydrogen-bond acceptors (Lipinski definition) is 6. The van der Waals surface area contributed by atoms with Gasteiger partial charge in [0.25, 0.3) is 0 Å². The van der Waals surface area contributed by atoms with Gasteiger partial charge in [-0.1, -0.05) is 24.3 Å². The summed E-state index contributed by atoms with van der Waals surface area (Å²) >= 11 is 3.31. The molecular formula is C18H14N4S2. The standard InChI is InChI=1S/C18H14N4S2/c1-3-7-15-13(5-1)21-17(23-15)11-19-9-10-20-12-18-22-14-6-2-4-8-16(14)24-18/h1-8,11-12H,9-10H2. The molecule has 0 saturated heterocycles. The predicted octanol–water partition coefficient (Wildman–Crippen LogP) is 4.44. The zero-order valence-electron chi connectivity index (χ0n) is 12.8. The van der Waals surface area contributed by atoms with Crippen LogP contribution in [0.1, 0.15) is 10.0 Å². The quantitative estimate of drug-likeness (QED) is 0.394. The van der Waals surface area contributed by atoms with Gasteiger partial charge in [0.05, 0.1) is 46.0 Å². The molecular weight excluding hydrogens is 336 g/mol. The van der Waals surface area contributed by atoms with E-state index in [0.29, 0.717) is 13.1 Å². The Hall–Kier alpha value is -2.44. The molecule has 0 aliphatic heterocycles. The molecule has 4 rings (SSSR count). The highest BCUT2D eigenvalue weighted by Gasteiger charge is 2.00. The largest absolute Gasteiger partial charge is 0.288 e. The number of benzene rings is 2. The molecule has 0 amide bonds. The van der Waals surface area contributed by atoms with Crippen molar-refractivity contribution in [2.24, 2.45) is 9.98 Å². The zero-order valence-corrected chi connectivity index (χ0v) is 14.4. The Kier molecular flexibility index (Phi) is 4.40. The van der Waals surface area contributed by atoms with Gasteiger partial charge in [-0.2, -0.15) is 0 Å². The number of thiazole rings is 2. The van der Waals surface area contributed by atoms with Crippen LogP contribution in [-0.2, 0) is 0 Å². The second kappa shape index (κ2) is 6.98. The minimum atomic E-state index is 0.650. The molecule has 24 heavy (non-hydrogen) atoms. The minimum Gasteiger partial charge on any atom is -0.288 e. The molecule has 4 aromatic rings. The van der Waals surface area contributed by atoms with E-state index in [0.717, 1.165) is 21.0 Å². The van der Waals surface area contributed by atoms with Gasteiger partial charge in [0.2, 0.25) is 0 Å². The molecule has 0 aliphatic carbocycles. The molecule has 2 aromatic heterocycles. The van der Waals surface area contributed by atoms with Crippen molar-refractivity contribution < 1.29 is 0 Å². The van der Waals surface area contributed by atoms with Gasteiger partial charge in [-0.25, -0.2) is 9.97 Å². The zero-order chi connectivity index (χ0) is 16.2. The average molecular weight is 350 g/mol. The van der Waals surface area contributed by atoms with Gasteiger partial charge >= 0.3 is 0 Å². The van der Waals surface area contributed by atoms with Gasteiger partial charge in [-0.15, -0.1) is 22.7 Å². The van der Waals surface area contributed by atoms with E-state index in [9.17, 15) is 0 Å². The van der Waals surface area contributed by atoms with Crippen molar-refractivity contribution in [3.05, 3.63) is 58.5 Å². The molecule has 0 radical (unpaired) electrons. The summed E-state index contributed by atoms with van der Waals surface area (Å²) in [5, 5.41) is 1.87. The first-order chi connectivity index (χ1) is 11.9. The molecule has 0 fully saturated rings. The second-order valence-corrected chi connectivity index (χ2v) is 7.23. The Morgan fingerprint density at radius 2 is 1.17 bits per heavy atom. The van der Waals surface area contributed by atoms with Crippen molar-refractivity contribution in [1.82, 2.24) is 9.97 Å². The van der Waals surface area contributed by atoms with Gasteiger partial charge in [0.1, 0.15) is 10.0 Å². The lowest BCUT2D eigenvalue weighted by molar-refractivity contribution is 0.984. The van der Waals surface area contributed by atoms with Gasteiger partial charge in [0.15, 0.2) is 0 Å². The molecule has 4 nitrogen and oxygen atoms in total. The molecule has 118 valence electrons. The maximum atomic E-state index is 4.52. The molecule has 0 atom stereocenters. The molecule has 2 heterocycles. The van der Waals surface area contributed by atoms with Crippen LogP contribution in [0.15, 0.2) is 58.5 Å².